The Bertz CT molecular complexity index is 740. The van der Waals surface area contributed by atoms with E-state index in [1.54, 1.807) is 10.7 Å². The van der Waals surface area contributed by atoms with E-state index in [1.807, 2.05) is 36.5 Å². The molecule has 6 nitrogen and oxygen atoms in total. The highest BCUT2D eigenvalue weighted by Gasteiger charge is 2.31. The molecule has 1 amide bonds. The molecule has 6 heteroatoms. The van der Waals surface area contributed by atoms with Gasteiger partial charge in [0.05, 0.1) is 12.2 Å². The van der Waals surface area contributed by atoms with Gasteiger partial charge in [0.1, 0.15) is 13.2 Å². The molecule has 23 heavy (non-hydrogen) atoms. The lowest BCUT2D eigenvalue weighted by Gasteiger charge is -2.25. The van der Waals surface area contributed by atoms with E-state index in [9.17, 15) is 4.79 Å². The van der Waals surface area contributed by atoms with E-state index in [-0.39, 0.29) is 11.9 Å². The fourth-order valence-electron chi connectivity index (χ4n) is 3.31. The van der Waals surface area contributed by atoms with E-state index in [2.05, 4.69) is 5.10 Å². The van der Waals surface area contributed by atoms with Gasteiger partial charge in [0.25, 0.3) is 5.91 Å². The molecule has 2 aliphatic rings. The summed E-state index contributed by atoms with van der Waals surface area (Å²) in [6, 6.07) is 5.52. The molecule has 120 valence electrons. The molecule has 0 N–H and O–H groups in total. The number of fused-ring (bicyclic) bond motifs is 1. The number of amides is 1. The predicted molar refractivity (Wildman–Crippen MR) is 83.7 cm³/mol. The van der Waals surface area contributed by atoms with E-state index in [1.165, 1.54) is 0 Å². The number of hydrogen-bond donors (Lipinski definition) is 0. The van der Waals surface area contributed by atoms with Crippen LogP contribution in [0.25, 0.3) is 0 Å². The van der Waals surface area contributed by atoms with Crippen LogP contribution in [0, 0.1) is 0 Å². The first-order valence-electron chi connectivity index (χ1n) is 7.91. The van der Waals surface area contributed by atoms with E-state index >= 15 is 0 Å². The van der Waals surface area contributed by atoms with Crippen LogP contribution in [0.4, 0.5) is 0 Å². The summed E-state index contributed by atoms with van der Waals surface area (Å²) in [4.78, 5) is 14.9. The zero-order valence-corrected chi connectivity index (χ0v) is 13.1. The maximum atomic E-state index is 12.9. The first-order chi connectivity index (χ1) is 11.2. The summed E-state index contributed by atoms with van der Waals surface area (Å²) in [7, 11) is 1.89. The second kappa shape index (κ2) is 5.61. The van der Waals surface area contributed by atoms with Gasteiger partial charge in [-0.2, -0.15) is 5.10 Å². The van der Waals surface area contributed by atoms with Gasteiger partial charge < -0.3 is 14.4 Å². The Labute approximate surface area is 134 Å². The first-order valence-corrected chi connectivity index (χ1v) is 7.91. The summed E-state index contributed by atoms with van der Waals surface area (Å²) in [5.41, 5.74) is 1.74. The highest BCUT2D eigenvalue weighted by Crippen LogP contribution is 2.35. The number of aryl methyl sites for hydroxylation is 1. The van der Waals surface area contributed by atoms with Crippen LogP contribution in [-0.4, -0.2) is 40.3 Å². The maximum Gasteiger partial charge on any atom is 0.254 e. The molecule has 0 radical (unpaired) electrons. The maximum absolute atomic E-state index is 12.9. The monoisotopic (exact) mass is 313 g/mol. The van der Waals surface area contributed by atoms with Crippen molar-refractivity contribution in [1.29, 1.82) is 0 Å². The number of likely N-dealkylation sites (tertiary alicyclic amines) is 1. The Morgan fingerprint density at radius 2 is 2.09 bits per heavy atom. The molecule has 0 saturated carbocycles. The van der Waals surface area contributed by atoms with Crippen LogP contribution in [0.5, 0.6) is 11.5 Å². The second-order valence-corrected chi connectivity index (χ2v) is 5.96. The first kappa shape index (κ1) is 14.1. The third-order valence-electron chi connectivity index (χ3n) is 4.41. The summed E-state index contributed by atoms with van der Waals surface area (Å²) < 4.78 is 12.9. The van der Waals surface area contributed by atoms with E-state index < -0.39 is 0 Å². The van der Waals surface area contributed by atoms with Gasteiger partial charge in [-0.15, -0.1) is 0 Å². The van der Waals surface area contributed by atoms with Gasteiger partial charge in [0.2, 0.25) is 0 Å². The number of nitrogens with zero attached hydrogens (tertiary/aromatic N) is 3. The molecule has 1 fully saturated rings. The lowest BCUT2D eigenvalue weighted by molar-refractivity contribution is 0.0734. The number of ether oxygens (including phenoxy) is 2. The van der Waals surface area contributed by atoms with Crippen LogP contribution in [-0.2, 0) is 7.05 Å². The molecule has 0 spiro atoms. The topological polar surface area (TPSA) is 56.6 Å². The third kappa shape index (κ3) is 2.54. The zero-order valence-electron chi connectivity index (χ0n) is 13.1. The molecule has 3 heterocycles. The summed E-state index contributed by atoms with van der Waals surface area (Å²) in [6.45, 7) is 1.84. The fraction of sp³-hybridized carbons (Fsp3) is 0.412. The van der Waals surface area contributed by atoms with Crippen molar-refractivity contribution in [2.24, 2.45) is 7.05 Å². The smallest absolute Gasteiger partial charge is 0.254 e. The van der Waals surface area contributed by atoms with Crippen molar-refractivity contribution >= 4 is 5.91 Å². The molecule has 1 aromatic carbocycles. The minimum Gasteiger partial charge on any atom is -0.486 e. The molecule has 1 atom stereocenters. The lowest BCUT2D eigenvalue weighted by atomic mass is 10.1. The third-order valence-corrected chi connectivity index (χ3v) is 4.41. The summed E-state index contributed by atoms with van der Waals surface area (Å²) in [5.74, 6) is 1.39. The Morgan fingerprint density at radius 1 is 1.26 bits per heavy atom. The predicted octanol–water partition coefficient (Wildman–Crippen LogP) is 2.17. The van der Waals surface area contributed by atoms with E-state index in [0.29, 0.717) is 30.3 Å². The van der Waals surface area contributed by atoms with Crippen molar-refractivity contribution in [2.75, 3.05) is 19.8 Å². The van der Waals surface area contributed by atoms with Crippen LogP contribution in [0.2, 0.25) is 0 Å². The molecule has 4 rings (SSSR count). The highest BCUT2D eigenvalue weighted by atomic mass is 16.6. The normalized spacial score (nSPS) is 19.9. The Morgan fingerprint density at radius 3 is 2.87 bits per heavy atom. The molecule has 2 aliphatic heterocycles. The van der Waals surface area contributed by atoms with Crippen molar-refractivity contribution in [3.05, 3.63) is 41.7 Å². The largest absolute Gasteiger partial charge is 0.486 e. The molecule has 2 aromatic rings. The number of benzene rings is 1. The molecule has 1 aromatic heterocycles. The SMILES string of the molecule is Cn1cc([C@H]2CCCN2C(=O)c2ccc3c(c2)OCCO3)cn1. The summed E-state index contributed by atoms with van der Waals surface area (Å²) >= 11 is 0. The zero-order chi connectivity index (χ0) is 15.8. The Balaban J connectivity index is 1.60. The molecule has 0 unspecified atom stereocenters. The van der Waals surface area contributed by atoms with Gasteiger partial charge in [-0.25, -0.2) is 0 Å². The minimum atomic E-state index is 0.0355. The molecule has 1 saturated heterocycles. The van der Waals surface area contributed by atoms with E-state index in [0.717, 1.165) is 24.9 Å². The van der Waals surface area contributed by atoms with Crippen LogP contribution < -0.4 is 9.47 Å². The Kier molecular flexibility index (Phi) is 3.44. The van der Waals surface area contributed by atoms with Gasteiger partial charge in [-0.3, -0.25) is 9.48 Å². The van der Waals surface area contributed by atoms with Crippen LogP contribution >= 0.6 is 0 Å². The standard InChI is InChI=1S/C17H19N3O3/c1-19-11-13(10-18-19)14-3-2-6-20(14)17(21)12-4-5-15-16(9-12)23-8-7-22-15/h4-5,9-11,14H,2-3,6-8H2,1H3/t14-/m1/s1. The highest BCUT2D eigenvalue weighted by molar-refractivity contribution is 5.95. The second-order valence-electron chi connectivity index (χ2n) is 5.96. The van der Waals surface area contributed by atoms with Crippen molar-refractivity contribution in [3.63, 3.8) is 0 Å². The number of aromatic nitrogens is 2. The number of carbonyl (C=O) groups is 1. The van der Waals surface area contributed by atoms with Crippen molar-refractivity contribution < 1.29 is 14.3 Å². The number of rotatable bonds is 2. The average molecular weight is 313 g/mol. The van der Waals surface area contributed by atoms with Crippen molar-refractivity contribution in [2.45, 2.75) is 18.9 Å². The molecule has 0 aliphatic carbocycles. The Hall–Kier alpha value is -2.50. The van der Waals surface area contributed by atoms with Crippen LogP contribution in [0.15, 0.2) is 30.6 Å². The van der Waals surface area contributed by atoms with Crippen molar-refractivity contribution in [3.8, 4) is 11.5 Å². The summed E-state index contributed by atoms with van der Waals surface area (Å²) in [6.07, 6.45) is 5.82. The average Bonchev–Trinajstić information content (AvgIpc) is 3.22. The number of hydrogen-bond acceptors (Lipinski definition) is 4. The molecule has 0 bridgehead atoms. The van der Waals surface area contributed by atoms with E-state index in [4.69, 9.17) is 9.47 Å². The molecular formula is C17H19N3O3. The van der Waals surface area contributed by atoms with Crippen LogP contribution in [0.3, 0.4) is 0 Å². The number of carbonyl (C=O) groups excluding carboxylic acids is 1. The van der Waals surface area contributed by atoms with Crippen molar-refractivity contribution in [1.82, 2.24) is 14.7 Å². The lowest BCUT2D eigenvalue weighted by Crippen LogP contribution is -2.30. The quantitative estimate of drug-likeness (QED) is 0.852. The summed E-state index contributed by atoms with van der Waals surface area (Å²) in [5, 5.41) is 4.23. The van der Waals surface area contributed by atoms with Gasteiger partial charge in [-0.05, 0) is 31.0 Å². The minimum absolute atomic E-state index is 0.0355. The van der Waals surface area contributed by atoms with Gasteiger partial charge in [0.15, 0.2) is 11.5 Å². The van der Waals surface area contributed by atoms with Gasteiger partial charge in [0, 0.05) is 30.9 Å². The fourth-order valence-corrected chi connectivity index (χ4v) is 3.31. The molecular weight excluding hydrogens is 294 g/mol. The van der Waals surface area contributed by atoms with Gasteiger partial charge in [-0.1, -0.05) is 0 Å². The van der Waals surface area contributed by atoms with Crippen LogP contribution in [0.1, 0.15) is 34.8 Å². The van der Waals surface area contributed by atoms with Gasteiger partial charge >= 0.3 is 0 Å².